The van der Waals surface area contributed by atoms with Gasteiger partial charge in [-0.1, -0.05) is 6.92 Å². The van der Waals surface area contributed by atoms with Gasteiger partial charge in [0, 0.05) is 11.8 Å². The monoisotopic (exact) mass is 223 g/mol. The molecule has 0 aliphatic carbocycles. The standard InChI is InChI=1S/C12H21N3O/c1-4-14-8-6-12(3,16)10-9(2)5-7-15-11(10)13/h5,7,14,16H,4,6,8H2,1-3H3,(H2,13,15). The summed E-state index contributed by atoms with van der Waals surface area (Å²) in [7, 11) is 0. The van der Waals surface area contributed by atoms with E-state index in [2.05, 4.69) is 10.3 Å². The van der Waals surface area contributed by atoms with Crippen LogP contribution in [-0.4, -0.2) is 23.2 Å². The number of pyridine rings is 1. The third-order valence-corrected chi connectivity index (χ3v) is 2.77. The number of hydrogen-bond acceptors (Lipinski definition) is 4. The number of rotatable bonds is 5. The van der Waals surface area contributed by atoms with Crippen molar-refractivity contribution >= 4 is 5.82 Å². The minimum Gasteiger partial charge on any atom is -0.385 e. The Labute approximate surface area is 96.9 Å². The number of aryl methyl sites for hydroxylation is 1. The van der Waals surface area contributed by atoms with Crippen molar-refractivity contribution in [2.45, 2.75) is 32.8 Å². The SMILES string of the molecule is CCNCCC(C)(O)c1c(C)ccnc1N. The summed E-state index contributed by atoms with van der Waals surface area (Å²) in [6, 6.07) is 1.87. The molecule has 1 aromatic heterocycles. The Kier molecular flexibility index (Phi) is 4.26. The molecule has 1 heterocycles. The molecule has 1 rings (SSSR count). The van der Waals surface area contributed by atoms with Crippen LogP contribution >= 0.6 is 0 Å². The van der Waals surface area contributed by atoms with Gasteiger partial charge in [-0.3, -0.25) is 0 Å². The molecule has 0 radical (unpaired) electrons. The van der Waals surface area contributed by atoms with Crippen LogP contribution in [0.3, 0.4) is 0 Å². The van der Waals surface area contributed by atoms with E-state index in [1.54, 1.807) is 13.1 Å². The fraction of sp³-hybridized carbons (Fsp3) is 0.583. The fourth-order valence-corrected chi connectivity index (χ4v) is 1.91. The Morgan fingerprint density at radius 2 is 2.25 bits per heavy atom. The van der Waals surface area contributed by atoms with Gasteiger partial charge in [0.05, 0.1) is 5.60 Å². The number of aliphatic hydroxyl groups is 1. The van der Waals surface area contributed by atoms with Crippen molar-refractivity contribution in [3.63, 3.8) is 0 Å². The third-order valence-electron chi connectivity index (χ3n) is 2.77. The molecule has 0 saturated carbocycles. The number of aromatic nitrogens is 1. The van der Waals surface area contributed by atoms with Crippen LogP contribution in [0.2, 0.25) is 0 Å². The smallest absolute Gasteiger partial charge is 0.129 e. The van der Waals surface area contributed by atoms with E-state index in [-0.39, 0.29) is 0 Å². The van der Waals surface area contributed by atoms with Gasteiger partial charge in [-0.2, -0.15) is 0 Å². The molecule has 4 N–H and O–H groups in total. The lowest BCUT2D eigenvalue weighted by molar-refractivity contribution is 0.0480. The van der Waals surface area contributed by atoms with Crippen LogP contribution in [-0.2, 0) is 5.60 Å². The normalized spacial score (nSPS) is 14.8. The first-order valence-corrected chi connectivity index (χ1v) is 5.63. The third kappa shape index (κ3) is 2.93. The van der Waals surface area contributed by atoms with E-state index in [4.69, 9.17) is 5.73 Å². The summed E-state index contributed by atoms with van der Waals surface area (Å²) in [5, 5.41) is 13.6. The van der Waals surface area contributed by atoms with Crippen molar-refractivity contribution in [1.82, 2.24) is 10.3 Å². The molecule has 0 fully saturated rings. The number of nitrogens with zero attached hydrogens (tertiary/aromatic N) is 1. The zero-order valence-corrected chi connectivity index (χ0v) is 10.2. The van der Waals surface area contributed by atoms with Gasteiger partial charge in [0.2, 0.25) is 0 Å². The van der Waals surface area contributed by atoms with Crippen LogP contribution < -0.4 is 11.1 Å². The lowest BCUT2D eigenvalue weighted by Gasteiger charge is -2.26. The summed E-state index contributed by atoms with van der Waals surface area (Å²) < 4.78 is 0. The number of nitrogens with two attached hydrogens (primary N) is 1. The first-order valence-electron chi connectivity index (χ1n) is 5.63. The minimum atomic E-state index is -0.926. The summed E-state index contributed by atoms with van der Waals surface area (Å²) in [6.07, 6.45) is 2.28. The summed E-state index contributed by atoms with van der Waals surface area (Å²) in [4.78, 5) is 4.03. The predicted molar refractivity (Wildman–Crippen MR) is 66.1 cm³/mol. The Balaban J connectivity index is 2.88. The summed E-state index contributed by atoms with van der Waals surface area (Å²) >= 11 is 0. The molecule has 0 saturated heterocycles. The van der Waals surface area contributed by atoms with E-state index >= 15 is 0 Å². The molecular formula is C12H21N3O. The van der Waals surface area contributed by atoms with Crippen LogP contribution in [0.5, 0.6) is 0 Å². The zero-order valence-electron chi connectivity index (χ0n) is 10.2. The zero-order chi connectivity index (χ0) is 12.2. The summed E-state index contributed by atoms with van der Waals surface area (Å²) in [6.45, 7) is 7.42. The largest absolute Gasteiger partial charge is 0.385 e. The van der Waals surface area contributed by atoms with Gasteiger partial charge < -0.3 is 16.2 Å². The van der Waals surface area contributed by atoms with Gasteiger partial charge in [-0.05, 0) is 45.0 Å². The van der Waals surface area contributed by atoms with Gasteiger partial charge in [0.15, 0.2) is 0 Å². The van der Waals surface area contributed by atoms with Gasteiger partial charge >= 0.3 is 0 Å². The fourth-order valence-electron chi connectivity index (χ4n) is 1.91. The second kappa shape index (κ2) is 5.27. The maximum atomic E-state index is 10.4. The lowest BCUT2D eigenvalue weighted by atomic mass is 9.89. The van der Waals surface area contributed by atoms with Gasteiger partial charge in [0.25, 0.3) is 0 Å². The number of hydrogen-bond donors (Lipinski definition) is 3. The van der Waals surface area contributed by atoms with E-state index in [0.29, 0.717) is 12.2 Å². The molecule has 1 atom stereocenters. The molecule has 1 unspecified atom stereocenters. The van der Waals surface area contributed by atoms with Crippen molar-refractivity contribution in [3.05, 3.63) is 23.4 Å². The van der Waals surface area contributed by atoms with Crippen molar-refractivity contribution in [2.75, 3.05) is 18.8 Å². The molecule has 0 aliphatic heterocycles. The van der Waals surface area contributed by atoms with Crippen LogP contribution in [0, 0.1) is 6.92 Å². The molecule has 4 nitrogen and oxygen atoms in total. The Morgan fingerprint density at radius 1 is 1.56 bits per heavy atom. The number of anilines is 1. The van der Waals surface area contributed by atoms with E-state index in [9.17, 15) is 5.11 Å². The quantitative estimate of drug-likeness (QED) is 0.655. The second-order valence-electron chi connectivity index (χ2n) is 4.27. The highest BCUT2D eigenvalue weighted by molar-refractivity contribution is 5.47. The average Bonchev–Trinajstić information content (AvgIpc) is 2.17. The Bertz CT molecular complexity index is 330. The maximum absolute atomic E-state index is 10.4. The van der Waals surface area contributed by atoms with E-state index < -0.39 is 5.60 Å². The highest BCUT2D eigenvalue weighted by atomic mass is 16.3. The lowest BCUT2D eigenvalue weighted by Crippen LogP contribution is -2.29. The molecule has 0 aromatic carbocycles. The van der Waals surface area contributed by atoms with Gasteiger partial charge in [-0.15, -0.1) is 0 Å². The van der Waals surface area contributed by atoms with E-state index in [0.717, 1.165) is 24.2 Å². The topological polar surface area (TPSA) is 71.2 Å². The molecule has 0 amide bonds. The molecule has 4 heteroatoms. The molecule has 1 aromatic rings. The van der Waals surface area contributed by atoms with Crippen molar-refractivity contribution in [3.8, 4) is 0 Å². The van der Waals surface area contributed by atoms with Crippen LogP contribution in [0.15, 0.2) is 12.3 Å². The van der Waals surface area contributed by atoms with Crippen LogP contribution in [0.1, 0.15) is 31.4 Å². The molecule has 0 aliphatic rings. The first-order chi connectivity index (χ1) is 7.49. The second-order valence-corrected chi connectivity index (χ2v) is 4.27. The number of nitrogens with one attached hydrogen (secondary N) is 1. The highest BCUT2D eigenvalue weighted by Gasteiger charge is 2.27. The summed E-state index contributed by atoms with van der Waals surface area (Å²) in [5.74, 6) is 0.418. The molecule has 0 bridgehead atoms. The maximum Gasteiger partial charge on any atom is 0.129 e. The Hall–Kier alpha value is -1.13. The predicted octanol–water partition coefficient (Wildman–Crippen LogP) is 1.18. The van der Waals surface area contributed by atoms with Crippen molar-refractivity contribution in [1.29, 1.82) is 0 Å². The van der Waals surface area contributed by atoms with Crippen molar-refractivity contribution in [2.24, 2.45) is 0 Å². The molecule has 16 heavy (non-hydrogen) atoms. The van der Waals surface area contributed by atoms with Gasteiger partial charge in [-0.25, -0.2) is 4.98 Å². The molecule has 90 valence electrons. The summed E-state index contributed by atoms with van der Waals surface area (Å²) in [5.41, 5.74) is 6.62. The van der Waals surface area contributed by atoms with Gasteiger partial charge in [0.1, 0.15) is 5.82 Å². The van der Waals surface area contributed by atoms with Crippen LogP contribution in [0.25, 0.3) is 0 Å². The van der Waals surface area contributed by atoms with Crippen molar-refractivity contribution < 1.29 is 5.11 Å². The van der Waals surface area contributed by atoms with E-state index in [1.165, 1.54) is 0 Å². The Morgan fingerprint density at radius 3 is 2.81 bits per heavy atom. The molecular weight excluding hydrogens is 202 g/mol. The average molecular weight is 223 g/mol. The minimum absolute atomic E-state index is 0.418. The first kappa shape index (κ1) is 12.9. The number of nitrogen functional groups attached to an aromatic ring is 1. The van der Waals surface area contributed by atoms with E-state index in [1.807, 2.05) is 19.9 Å². The highest BCUT2D eigenvalue weighted by Crippen LogP contribution is 2.30. The van der Waals surface area contributed by atoms with Crippen LogP contribution in [0.4, 0.5) is 5.82 Å². The molecule has 0 spiro atoms.